The Labute approximate surface area is 141 Å². The number of nitrogens with zero attached hydrogens (tertiary/aromatic N) is 2. The van der Waals surface area contributed by atoms with Crippen molar-refractivity contribution in [2.45, 2.75) is 23.6 Å². The molecule has 1 aliphatic carbocycles. The van der Waals surface area contributed by atoms with E-state index >= 15 is 0 Å². The third kappa shape index (κ3) is 2.53. The van der Waals surface area contributed by atoms with Crippen molar-refractivity contribution < 1.29 is 0 Å². The molecular formula is C13H9Cl5N2. The van der Waals surface area contributed by atoms with Gasteiger partial charge in [-0.05, 0) is 31.0 Å². The van der Waals surface area contributed by atoms with E-state index in [2.05, 4.69) is 5.10 Å². The first-order valence-corrected chi connectivity index (χ1v) is 7.77. The van der Waals surface area contributed by atoms with Crippen LogP contribution in [-0.2, 0) is 0 Å². The number of aromatic nitrogens is 2. The zero-order chi connectivity index (χ0) is 14.7. The molecule has 2 nitrogen and oxygen atoms in total. The monoisotopic (exact) mass is 368 g/mol. The van der Waals surface area contributed by atoms with Crippen molar-refractivity contribution in [1.82, 2.24) is 9.78 Å². The number of hydrogen-bond donors (Lipinski definition) is 0. The van der Waals surface area contributed by atoms with Gasteiger partial charge in [-0.3, -0.25) is 0 Å². The van der Waals surface area contributed by atoms with Gasteiger partial charge in [0.05, 0.1) is 15.7 Å². The smallest absolute Gasteiger partial charge is 0.126 e. The summed E-state index contributed by atoms with van der Waals surface area (Å²) < 4.78 is 0.958. The zero-order valence-electron chi connectivity index (χ0n) is 10.3. The molecule has 1 atom stereocenters. The Bertz CT molecular complexity index is 669. The van der Waals surface area contributed by atoms with Crippen molar-refractivity contribution in [3.05, 3.63) is 44.7 Å². The molecule has 0 saturated heterocycles. The van der Waals surface area contributed by atoms with Gasteiger partial charge in [0.1, 0.15) is 10.0 Å². The maximum atomic E-state index is 6.20. The van der Waals surface area contributed by atoms with Gasteiger partial charge in [-0.1, -0.05) is 34.8 Å². The average molecular weight is 370 g/mol. The Kier molecular flexibility index (Phi) is 3.67. The highest BCUT2D eigenvalue weighted by Gasteiger charge is 2.53. The maximum absolute atomic E-state index is 6.20. The molecule has 1 unspecified atom stereocenters. The fourth-order valence-electron chi connectivity index (χ4n) is 2.23. The Morgan fingerprint density at radius 2 is 1.75 bits per heavy atom. The highest BCUT2D eigenvalue weighted by atomic mass is 35.5. The fraction of sp³-hybridized carbons (Fsp3) is 0.308. The van der Waals surface area contributed by atoms with Gasteiger partial charge in [-0.2, -0.15) is 5.10 Å². The van der Waals surface area contributed by atoms with E-state index in [0.29, 0.717) is 20.8 Å². The summed E-state index contributed by atoms with van der Waals surface area (Å²) in [4.78, 5) is 0. The van der Waals surface area contributed by atoms with Gasteiger partial charge in [0.2, 0.25) is 0 Å². The lowest BCUT2D eigenvalue weighted by molar-refractivity contribution is 0.863. The average Bonchev–Trinajstić information content (AvgIpc) is 2.75. The van der Waals surface area contributed by atoms with E-state index < -0.39 is 4.33 Å². The normalized spacial score (nSPS) is 20.2. The van der Waals surface area contributed by atoms with E-state index in [1.54, 1.807) is 16.8 Å². The lowest BCUT2D eigenvalue weighted by atomic mass is 10.2. The van der Waals surface area contributed by atoms with Crippen molar-refractivity contribution in [3.8, 4) is 5.69 Å². The Balaban J connectivity index is 2.07. The molecule has 3 rings (SSSR count). The first-order chi connectivity index (χ1) is 9.29. The number of halogens is 5. The predicted molar refractivity (Wildman–Crippen MR) is 85.1 cm³/mol. The Morgan fingerprint density at radius 3 is 2.25 bits per heavy atom. The fourth-order valence-corrected chi connectivity index (χ4v) is 3.77. The molecule has 1 fully saturated rings. The van der Waals surface area contributed by atoms with Crippen LogP contribution < -0.4 is 0 Å². The van der Waals surface area contributed by atoms with E-state index in [9.17, 15) is 0 Å². The van der Waals surface area contributed by atoms with E-state index in [-0.39, 0.29) is 5.92 Å². The number of rotatable bonds is 2. The number of hydrogen-bond acceptors (Lipinski definition) is 1. The molecule has 2 aromatic rings. The number of benzene rings is 1. The van der Waals surface area contributed by atoms with Crippen LogP contribution in [0.2, 0.25) is 15.1 Å². The molecule has 0 bridgehead atoms. The van der Waals surface area contributed by atoms with Gasteiger partial charge in [0.25, 0.3) is 0 Å². The first kappa shape index (κ1) is 14.8. The first-order valence-electron chi connectivity index (χ1n) is 5.88. The number of aryl methyl sites for hydroxylation is 1. The predicted octanol–water partition coefficient (Wildman–Crippen LogP) is 5.80. The Morgan fingerprint density at radius 1 is 1.20 bits per heavy atom. The molecule has 106 valence electrons. The molecule has 1 aromatic heterocycles. The summed E-state index contributed by atoms with van der Waals surface area (Å²) >= 11 is 30.5. The van der Waals surface area contributed by atoms with E-state index in [1.165, 1.54) is 0 Å². The Hall–Kier alpha value is -0.120. The summed E-state index contributed by atoms with van der Waals surface area (Å²) in [5, 5.41) is 5.81. The van der Waals surface area contributed by atoms with Crippen molar-refractivity contribution in [2.75, 3.05) is 0 Å². The molecule has 1 aliphatic rings. The molecule has 1 saturated carbocycles. The van der Waals surface area contributed by atoms with E-state index in [4.69, 9.17) is 58.0 Å². The minimum atomic E-state index is -0.688. The summed E-state index contributed by atoms with van der Waals surface area (Å²) in [7, 11) is 0. The summed E-state index contributed by atoms with van der Waals surface area (Å²) in [6.45, 7) is 1.91. The molecule has 1 aromatic carbocycles. The summed E-state index contributed by atoms with van der Waals surface area (Å²) in [5.41, 5.74) is 2.47. The highest BCUT2D eigenvalue weighted by Crippen LogP contribution is 2.60. The molecule has 0 spiro atoms. The lowest BCUT2D eigenvalue weighted by Gasteiger charge is -2.07. The van der Waals surface area contributed by atoms with Crippen LogP contribution in [0.4, 0.5) is 0 Å². The maximum Gasteiger partial charge on any atom is 0.126 e. The second-order valence-corrected chi connectivity index (χ2v) is 7.64. The molecule has 0 radical (unpaired) electrons. The van der Waals surface area contributed by atoms with Crippen LogP contribution in [0, 0.1) is 6.92 Å². The van der Waals surface area contributed by atoms with Gasteiger partial charge < -0.3 is 0 Å². The van der Waals surface area contributed by atoms with Crippen molar-refractivity contribution in [3.63, 3.8) is 0 Å². The molecule has 0 aliphatic heterocycles. The minimum Gasteiger partial charge on any atom is -0.237 e. The lowest BCUT2D eigenvalue weighted by Crippen LogP contribution is -1.97. The van der Waals surface area contributed by atoms with Gasteiger partial charge in [-0.25, -0.2) is 4.68 Å². The summed E-state index contributed by atoms with van der Waals surface area (Å²) in [6, 6.07) is 3.26. The molecule has 0 N–H and O–H groups in total. The van der Waals surface area contributed by atoms with Gasteiger partial charge >= 0.3 is 0 Å². The minimum absolute atomic E-state index is 0.101. The molecular weight excluding hydrogens is 361 g/mol. The SMILES string of the molecule is Cc1nn(-c2c(Cl)cc(Cl)cc2Cl)cc1C1CC1(Cl)Cl. The van der Waals surface area contributed by atoms with Gasteiger partial charge in [0.15, 0.2) is 0 Å². The second kappa shape index (κ2) is 4.96. The molecule has 20 heavy (non-hydrogen) atoms. The van der Waals surface area contributed by atoms with E-state index in [0.717, 1.165) is 17.7 Å². The van der Waals surface area contributed by atoms with Crippen molar-refractivity contribution in [1.29, 1.82) is 0 Å². The van der Waals surface area contributed by atoms with E-state index in [1.807, 2.05) is 13.1 Å². The third-order valence-corrected chi connectivity index (χ3v) is 4.98. The standard InChI is InChI=1S/C13H9Cl5N2/c1-6-8(9-4-13(9,17)18)5-20(19-6)12-10(15)2-7(14)3-11(12)16/h2-3,5,9H,4H2,1H3. The van der Waals surface area contributed by atoms with Crippen LogP contribution in [0.3, 0.4) is 0 Å². The van der Waals surface area contributed by atoms with Crippen LogP contribution in [0.15, 0.2) is 18.3 Å². The van der Waals surface area contributed by atoms with Crippen molar-refractivity contribution >= 4 is 58.0 Å². The second-order valence-electron chi connectivity index (χ2n) is 4.85. The van der Waals surface area contributed by atoms with Crippen LogP contribution in [-0.4, -0.2) is 14.1 Å². The molecule has 7 heteroatoms. The number of alkyl halides is 2. The third-order valence-electron chi connectivity index (χ3n) is 3.35. The largest absolute Gasteiger partial charge is 0.237 e. The summed E-state index contributed by atoms with van der Waals surface area (Å²) in [6.07, 6.45) is 2.60. The quantitative estimate of drug-likeness (QED) is 0.611. The van der Waals surface area contributed by atoms with Crippen LogP contribution in [0.1, 0.15) is 23.6 Å². The zero-order valence-corrected chi connectivity index (χ0v) is 14.1. The van der Waals surface area contributed by atoms with Crippen LogP contribution in [0.5, 0.6) is 0 Å². The molecule has 0 amide bonds. The van der Waals surface area contributed by atoms with Crippen LogP contribution in [0.25, 0.3) is 5.69 Å². The topological polar surface area (TPSA) is 17.8 Å². The highest BCUT2D eigenvalue weighted by molar-refractivity contribution is 6.51. The summed E-state index contributed by atoms with van der Waals surface area (Å²) in [5.74, 6) is 0.101. The van der Waals surface area contributed by atoms with Gasteiger partial charge in [-0.15, -0.1) is 23.2 Å². The van der Waals surface area contributed by atoms with Crippen molar-refractivity contribution in [2.24, 2.45) is 0 Å². The molecule has 1 heterocycles. The van der Waals surface area contributed by atoms with Gasteiger partial charge in [0, 0.05) is 17.1 Å². The van der Waals surface area contributed by atoms with Crippen LogP contribution >= 0.6 is 58.0 Å².